The summed E-state index contributed by atoms with van der Waals surface area (Å²) in [6.07, 6.45) is 0. The van der Waals surface area contributed by atoms with Gasteiger partial charge in [-0.2, -0.15) is 0 Å². The molecule has 0 radical (unpaired) electrons. The van der Waals surface area contributed by atoms with E-state index in [2.05, 4.69) is 43.8 Å². The maximum absolute atomic E-state index is 12.2. The number of halogens is 2. The number of hydrogen-bond donors (Lipinski definition) is 1. The number of carbonyl (C=O) groups excluding carboxylic acids is 1. The molecule has 0 spiro atoms. The van der Waals surface area contributed by atoms with Crippen LogP contribution in [0, 0.1) is 3.57 Å². The van der Waals surface area contributed by atoms with Crippen LogP contribution in [0.1, 0.15) is 28.9 Å². The maximum Gasteiger partial charge on any atom is 0.252 e. The topological polar surface area (TPSA) is 29.1 Å². The summed E-state index contributed by atoms with van der Waals surface area (Å²) >= 11 is 5.58. The molecule has 2 nitrogen and oxygen atoms in total. The Labute approximate surface area is 134 Å². The van der Waals surface area contributed by atoms with Gasteiger partial charge in [0, 0.05) is 8.04 Å². The SMILES string of the molecule is CC(NC(=O)c1ccccc1I)c1ccc(Br)cc1. The van der Waals surface area contributed by atoms with Gasteiger partial charge in [0.05, 0.1) is 11.6 Å². The quantitative estimate of drug-likeness (QED) is 0.712. The van der Waals surface area contributed by atoms with Gasteiger partial charge in [0.25, 0.3) is 5.91 Å². The Morgan fingerprint density at radius 1 is 1.16 bits per heavy atom. The zero-order valence-electron chi connectivity index (χ0n) is 10.4. The van der Waals surface area contributed by atoms with Gasteiger partial charge < -0.3 is 5.32 Å². The van der Waals surface area contributed by atoms with E-state index in [-0.39, 0.29) is 11.9 Å². The van der Waals surface area contributed by atoms with Crippen LogP contribution in [-0.4, -0.2) is 5.91 Å². The van der Waals surface area contributed by atoms with E-state index < -0.39 is 0 Å². The van der Waals surface area contributed by atoms with E-state index >= 15 is 0 Å². The summed E-state index contributed by atoms with van der Waals surface area (Å²) in [6.45, 7) is 1.98. The third kappa shape index (κ3) is 3.79. The molecule has 0 aliphatic heterocycles. The lowest BCUT2D eigenvalue weighted by Crippen LogP contribution is -2.27. The standard InChI is InChI=1S/C15H13BrINO/c1-10(11-6-8-12(16)9-7-11)18-15(19)13-4-2-3-5-14(13)17/h2-10H,1H3,(H,18,19). The molecule has 0 fully saturated rings. The van der Waals surface area contributed by atoms with Crippen molar-refractivity contribution in [3.63, 3.8) is 0 Å². The highest BCUT2D eigenvalue weighted by Gasteiger charge is 2.13. The van der Waals surface area contributed by atoms with Crippen molar-refractivity contribution >= 4 is 44.4 Å². The first-order valence-corrected chi connectivity index (χ1v) is 7.76. The van der Waals surface area contributed by atoms with Crippen LogP contribution in [0.25, 0.3) is 0 Å². The Kier molecular flexibility index (Phi) is 4.99. The van der Waals surface area contributed by atoms with Crippen LogP contribution in [0.5, 0.6) is 0 Å². The normalized spacial score (nSPS) is 11.9. The molecule has 2 rings (SSSR count). The zero-order valence-corrected chi connectivity index (χ0v) is 14.1. The van der Waals surface area contributed by atoms with Crippen LogP contribution in [0.15, 0.2) is 53.0 Å². The molecule has 0 bridgehead atoms. The molecule has 1 N–H and O–H groups in total. The molecule has 0 aromatic heterocycles. The van der Waals surface area contributed by atoms with Gasteiger partial charge in [0.15, 0.2) is 0 Å². The maximum atomic E-state index is 12.2. The average Bonchev–Trinajstić information content (AvgIpc) is 2.39. The van der Waals surface area contributed by atoms with Gasteiger partial charge in [-0.05, 0) is 59.3 Å². The lowest BCUT2D eigenvalue weighted by molar-refractivity contribution is 0.0939. The van der Waals surface area contributed by atoms with Crippen molar-refractivity contribution in [2.45, 2.75) is 13.0 Å². The second-order valence-electron chi connectivity index (χ2n) is 4.23. The zero-order chi connectivity index (χ0) is 13.8. The fraction of sp³-hybridized carbons (Fsp3) is 0.133. The van der Waals surface area contributed by atoms with Crippen LogP contribution >= 0.6 is 38.5 Å². The number of carbonyl (C=O) groups is 1. The van der Waals surface area contributed by atoms with Crippen molar-refractivity contribution in [1.29, 1.82) is 0 Å². The van der Waals surface area contributed by atoms with Crippen LogP contribution in [0.2, 0.25) is 0 Å². The molecule has 19 heavy (non-hydrogen) atoms. The molecule has 0 saturated carbocycles. The third-order valence-corrected chi connectivity index (χ3v) is 4.31. The van der Waals surface area contributed by atoms with Gasteiger partial charge in [-0.3, -0.25) is 4.79 Å². The van der Waals surface area contributed by atoms with Crippen LogP contribution in [-0.2, 0) is 0 Å². The van der Waals surface area contributed by atoms with E-state index in [1.54, 1.807) is 0 Å². The van der Waals surface area contributed by atoms with E-state index in [9.17, 15) is 4.79 Å². The summed E-state index contributed by atoms with van der Waals surface area (Å²) in [6, 6.07) is 15.5. The van der Waals surface area contributed by atoms with Crippen molar-refractivity contribution < 1.29 is 4.79 Å². The molecule has 0 saturated heterocycles. The molecule has 0 aliphatic carbocycles. The van der Waals surface area contributed by atoms with E-state index in [1.165, 1.54) is 0 Å². The molecule has 2 aromatic rings. The van der Waals surface area contributed by atoms with Gasteiger partial charge in [-0.15, -0.1) is 0 Å². The lowest BCUT2D eigenvalue weighted by atomic mass is 10.1. The summed E-state index contributed by atoms with van der Waals surface area (Å²) < 4.78 is 1.99. The largest absolute Gasteiger partial charge is 0.345 e. The van der Waals surface area contributed by atoms with Crippen molar-refractivity contribution in [1.82, 2.24) is 5.32 Å². The summed E-state index contributed by atoms with van der Waals surface area (Å²) in [7, 11) is 0. The molecule has 0 aliphatic rings. The third-order valence-electron chi connectivity index (χ3n) is 2.84. The summed E-state index contributed by atoms with van der Waals surface area (Å²) in [5.41, 5.74) is 1.80. The summed E-state index contributed by atoms with van der Waals surface area (Å²) in [5, 5.41) is 3.01. The number of amides is 1. The predicted molar refractivity (Wildman–Crippen MR) is 89.2 cm³/mol. The fourth-order valence-electron chi connectivity index (χ4n) is 1.75. The monoisotopic (exact) mass is 429 g/mol. The fourth-order valence-corrected chi connectivity index (χ4v) is 2.65. The molecule has 0 heterocycles. The minimum atomic E-state index is -0.0413. The average molecular weight is 430 g/mol. The minimum Gasteiger partial charge on any atom is -0.345 e. The minimum absolute atomic E-state index is 0.0170. The Morgan fingerprint density at radius 3 is 2.42 bits per heavy atom. The van der Waals surface area contributed by atoms with E-state index in [0.717, 1.165) is 13.6 Å². The van der Waals surface area contributed by atoms with Crippen molar-refractivity contribution in [2.24, 2.45) is 0 Å². The van der Waals surface area contributed by atoms with Gasteiger partial charge in [-0.25, -0.2) is 0 Å². The van der Waals surface area contributed by atoms with Crippen LogP contribution < -0.4 is 5.32 Å². The Balaban J connectivity index is 2.11. The molecular formula is C15H13BrINO. The Bertz CT molecular complexity index is 583. The lowest BCUT2D eigenvalue weighted by Gasteiger charge is -2.15. The number of benzene rings is 2. The van der Waals surface area contributed by atoms with Crippen LogP contribution in [0.4, 0.5) is 0 Å². The molecule has 98 valence electrons. The molecular weight excluding hydrogens is 417 g/mol. The highest BCUT2D eigenvalue weighted by Crippen LogP contribution is 2.18. The van der Waals surface area contributed by atoms with E-state index in [0.29, 0.717) is 5.56 Å². The molecule has 4 heteroatoms. The van der Waals surface area contributed by atoms with E-state index in [4.69, 9.17) is 0 Å². The van der Waals surface area contributed by atoms with Crippen molar-refractivity contribution in [3.05, 3.63) is 67.7 Å². The first-order chi connectivity index (χ1) is 9.08. The molecule has 1 atom stereocenters. The Hall–Kier alpha value is -0.880. The first-order valence-electron chi connectivity index (χ1n) is 5.89. The van der Waals surface area contributed by atoms with Crippen molar-refractivity contribution in [2.75, 3.05) is 0 Å². The van der Waals surface area contributed by atoms with Crippen molar-refractivity contribution in [3.8, 4) is 0 Å². The molecule has 1 unspecified atom stereocenters. The second kappa shape index (κ2) is 6.52. The smallest absolute Gasteiger partial charge is 0.252 e. The summed E-state index contributed by atoms with van der Waals surface area (Å²) in [4.78, 5) is 12.2. The number of nitrogens with one attached hydrogen (secondary N) is 1. The van der Waals surface area contributed by atoms with Gasteiger partial charge >= 0.3 is 0 Å². The first kappa shape index (κ1) is 14.5. The second-order valence-corrected chi connectivity index (χ2v) is 6.30. The Morgan fingerprint density at radius 2 is 1.79 bits per heavy atom. The predicted octanol–water partition coefficient (Wildman–Crippen LogP) is 4.54. The van der Waals surface area contributed by atoms with E-state index in [1.807, 2.05) is 55.5 Å². The molecule has 2 aromatic carbocycles. The van der Waals surface area contributed by atoms with Gasteiger partial charge in [-0.1, -0.05) is 40.2 Å². The molecule has 1 amide bonds. The number of rotatable bonds is 3. The summed E-state index contributed by atoms with van der Waals surface area (Å²) in [5.74, 6) is -0.0413. The van der Waals surface area contributed by atoms with Gasteiger partial charge in [0.2, 0.25) is 0 Å². The van der Waals surface area contributed by atoms with Crippen LogP contribution in [0.3, 0.4) is 0 Å². The van der Waals surface area contributed by atoms with Gasteiger partial charge in [0.1, 0.15) is 0 Å². The highest BCUT2D eigenvalue weighted by atomic mass is 127. The number of hydrogen-bond acceptors (Lipinski definition) is 1. The highest BCUT2D eigenvalue weighted by molar-refractivity contribution is 14.1.